The lowest BCUT2D eigenvalue weighted by molar-refractivity contribution is 0.0461. The van der Waals surface area contributed by atoms with Crippen molar-refractivity contribution in [1.82, 2.24) is 14.5 Å². The molecule has 1 saturated heterocycles. The smallest absolute Gasteiger partial charge is 0.344 e. The van der Waals surface area contributed by atoms with Gasteiger partial charge in [0.05, 0.1) is 30.3 Å². The van der Waals surface area contributed by atoms with Gasteiger partial charge in [0.25, 0.3) is 0 Å². The number of benzene rings is 1. The van der Waals surface area contributed by atoms with Crippen LogP contribution in [-0.4, -0.2) is 39.8 Å². The van der Waals surface area contributed by atoms with Crippen molar-refractivity contribution in [3.05, 3.63) is 29.8 Å². The number of carbonyl (C=O) groups excluding carboxylic acids is 1. The standard InChI is InChI=1S/C20H24N4O3/c1-12(2)11-27-20(25)16-17-19(23-15-8-4-3-7-14(15)22-17)24(18(16)21)10-13-6-5-9-26-13/h3-4,7-8,12-13H,5-6,9-11,21H2,1-2H3. The Bertz CT molecular complexity index is 990. The number of para-hydroxylation sites is 2. The van der Waals surface area contributed by atoms with E-state index in [1.807, 2.05) is 42.7 Å². The number of hydrogen-bond donors (Lipinski definition) is 1. The van der Waals surface area contributed by atoms with Crippen molar-refractivity contribution < 1.29 is 14.3 Å². The highest BCUT2D eigenvalue weighted by molar-refractivity contribution is 6.08. The Morgan fingerprint density at radius 2 is 2.07 bits per heavy atom. The molecule has 0 bridgehead atoms. The van der Waals surface area contributed by atoms with Gasteiger partial charge in [-0.25, -0.2) is 14.8 Å². The molecular formula is C20H24N4O3. The highest BCUT2D eigenvalue weighted by Crippen LogP contribution is 2.30. The third-order valence-electron chi connectivity index (χ3n) is 4.75. The molecule has 4 rings (SSSR count). The van der Waals surface area contributed by atoms with Crippen molar-refractivity contribution in [2.75, 3.05) is 18.9 Å². The van der Waals surface area contributed by atoms with E-state index in [0.29, 0.717) is 35.7 Å². The van der Waals surface area contributed by atoms with Crippen molar-refractivity contribution in [2.24, 2.45) is 5.92 Å². The van der Waals surface area contributed by atoms with Gasteiger partial charge in [-0.05, 0) is 30.9 Å². The van der Waals surface area contributed by atoms with E-state index in [2.05, 4.69) is 4.98 Å². The number of esters is 1. The van der Waals surface area contributed by atoms with Gasteiger partial charge in [0.2, 0.25) is 0 Å². The first-order chi connectivity index (χ1) is 13.0. The lowest BCUT2D eigenvalue weighted by atomic mass is 10.2. The molecule has 27 heavy (non-hydrogen) atoms. The van der Waals surface area contributed by atoms with Crippen LogP contribution in [-0.2, 0) is 16.0 Å². The van der Waals surface area contributed by atoms with Crippen molar-refractivity contribution >= 4 is 34.0 Å². The van der Waals surface area contributed by atoms with Gasteiger partial charge < -0.3 is 19.8 Å². The predicted octanol–water partition coefficient (Wildman–Crippen LogP) is 3.16. The first-order valence-corrected chi connectivity index (χ1v) is 9.37. The number of anilines is 1. The molecule has 0 saturated carbocycles. The second-order valence-corrected chi connectivity index (χ2v) is 7.38. The van der Waals surface area contributed by atoms with Crippen LogP contribution >= 0.6 is 0 Å². The fraction of sp³-hybridized carbons (Fsp3) is 0.450. The number of ether oxygens (including phenoxy) is 2. The predicted molar refractivity (Wildman–Crippen MR) is 104 cm³/mol. The van der Waals surface area contributed by atoms with Gasteiger partial charge in [-0.1, -0.05) is 26.0 Å². The maximum Gasteiger partial charge on any atom is 0.344 e. The van der Waals surface area contributed by atoms with Gasteiger partial charge in [0.15, 0.2) is 5.65 Å². The van der Waals surface area contributed by atoms with Crippen molar-refractivity contribution in [3.8, 4) is 0 Å². The summed E-state index contributed by atoms with van der Waals surface area (Å²) < 4.78 is 13.0. The molecule has 2 aromatic heterocycles. The molecule has 1 fully saturated rings. The van der Waals surface area contributed by atoms with E-state index in [-0.39, 0.29) is 12.0 Å². The fourth-order valence-corrected chi connectivity index (χ4v) is 3.41. The average molecular weight is 368 g/mol. The molecule has 0 radical (unpaired) electrons. The maximum atomic E-state index is 12.8. The molecule has 3 heterocycles. The SMILES string of the molecule is CC(C)COC(=O)c1c(N)n(CC2CCCO2)c2nc3ccccc3nc12. The van der Waals surface area contributed by atoms with E-state index in [9.17, 15) is 4.79 Å². The van der Waals surface area contributed by atoms with Crippen molar-refractivity contribution in [1.29, 1.82) is 0 Å². The molecule has 1 atom stereocenters. The molecule has 142 valence electrons. The van der Waals surface area contributed by atoms with Gasteiger partial charge in [-0.2, -0.15) is 0 Å². The van der Waals surface area contributed by atoms with Crippen molar-refractivity contribution in [2.45, 2.75) is 39.3 Å². The lowest BCUT2D eigenvalue weighted by Gasteiger charge is -2.13. The Labute approximate surface area is 157 Å². The zero-order valence-corrected chi connectivity index (χ0v) is 15.6. The van der Waals surface area contributed by atoms with Gasteiger partial charge in [0.1, 0.15) is 16.9 Å². The fourth-order valence-electron chi connectivity index (χ4n) is 3.41. The molecule has 0 aliphatic carbocycles. The van der Waals surface area contributed by atoms with Crippen LogP contribution in [0.2, 0.25) is 0 Å². The van der Waals surface area contributed by atoms with Crippen LogP contribution in [0.4, 0.5) is 5.82 Å². The molecular weight excluding hydrogens is 344 g/mol. The van der Waals surface area contributed by atoms with Gasteiger partial charge in [-0.3, -0.25) is 0 Å². The summed E-state index contributed by atoms with van der Waals surface area (Å²) in [6, 6.07) is 7.58. The normalized spacial score (nSPS) is 17.2. The Morgan fingerprint density at radius 3 is 2.74 bits per heavy atom. The second-order valence-electron chi connectivity index (χ2n) is 7.38. The first kappa shape index (κ1) is 17.7. The summed E-state index contributed by atoms with van der Waals surface area (Å²) in [4.78, 5) is 22.2. The zero-order chi connectivity index (χ0) is 19.0. The average Bonchev–Trinajstić information content (AvgIpc) is 3.25. The largest absolute Gasteiger partial charge is 0.462 e. The Balaban J connectivity index is 1.85. The number of rotatable bonds is 5. The van der Waals surface area contributed by atoms with E-state index in [1.54, 1.807) is 0 Å². The van der Waals surface area contributed by atoms with E-state index < -0.39 is 5.97 Å². The van der Waals surface area contributed by atoms with Gasteiger partial charge in [0, 0.05) is 6.61 Å². The van der Waals surface area contributed by atoms with Crippen LogP contribution in [0.1, 0.15) is 37.0 Å². The van der Waals surface area contributed by atoms with E-state index >= 15 is 0 Å². The second kappa shape index (κ2) is 7.15. The summed E-state index contributed by atoms with van der Waals surface area (Å²) in [7, 11) is 0. The summed E-state index contributed by atoms with van der Waals surface area (Å²) in [5.74, 6) is 0.119. The van der Waals surface area contributed by atoms with E-state index in [0.717, 1.165) is 30.5 Å². The first-order valence-electron chi connectivity index (χ1n) is 9.37. The lowest BCUT2D eigenvalue weighted by Crippen LogP contribution is -2.18. The molecule has 0 amide bonds. The summed E-state index contributed by atoms with van der Waals surface area (Å²) in [6.45, 7) is 5.61. The van der Waals surface area contributed by atoms with E-state index in [1.165, 1.54) is 0 Å². The summed E-state index contributed by atoms with van der Waals surface area (Å²) >= 11 is 0. The molecule has 7 heteroatoms. The Kier molecular flexibility index (Phi) is 4.70. The highest BCUT2D eigenvalue weighted by Gasteiger charge is 2.27. The zero-order valence-electron chi connectivity index (χ0n) is 15.6. The Morgan fingerprint density at radius 1 is 1.33 bits per heavy atom. The third kappa shape index (κ3) is 3.35. The number of nitrogen functional groups attached to an aromatic ring is 1. The maximum absolute atomic E-state index is 12.8. The minimum absolute atomic E-state index is 0.0655. The summed E-state index contributed by atoms with van der Waals surface area (Å²) in [5.41, 5.74) is 9.25. The molecule has 2 N–H and O–H groups in total. The van der Waals surface area contributed by atoms with Crippen molar-refractivity contribution in [3.63, 3.8) is 0 Å². The molecule has 1 unspecified atom stereocenters. The number of carbonyl (C=O) groups is 1. The highest BCUT2D eigenvalue weighted by atomic mass is 16.5. The van der Waals surface area contributed by atoms with Gasteiger partial charge in [-0.15, -0.1) is 0 Å². The third-order valence-corrected chi connectivity index (χ3v) is 4.75. The Hall–Kier alpha value is -2.67. The minimum Gasteiger partial charge on any atom is -0.462 e. The van der Waals surface area contributed by atoms with Crippen LogP contribution in [0.3, 0.4) is 0 Å². The molecule has 0 spiro atoms. The summed E-state index contributed by atoms with van der Waals surface area (Å²) in [5, 5.41) is 0. The number of aromatic nitrogens is 3. The number of hydrogen-bond acceptors (Lipinski definition) is 6. The number of nitrogens with zero attached hydrogens (tertiary/aromatic N) is 3. The van der Waals surface area contributed by atoms with Crippen LogP contribution < -0.4 is 5.73 Å². The minimum atomic E-state index is -0.457. The molecule has 1 aromatic carbocycles. The quantitative estimate of drug-likeness (QED) is 0.696. The molecule has 1 aliphatic rings. The molecule has 7 nitrogen and oxygen atoms in total. The monoisotopic (exact) mass is 368 g/mol. The van der Waals surface area contributed by atoms with E-state index in [4.69, 9.17) is 20.2 Å². The summed E-state index contributed by atoms with van der Waals surface area (Å²) in [6.07, 6.45) is 2.06. The van der Waals surface area contributed by atoms with Crippen LogP contribution in [0, 0.1) is 5.92 Å². The number of fused-ring (bicyclic) bond motifs is 2. The number of nitrogens with two attached hydrogens (primary N) is 1. The van der Waals surface area contributed by atoms with Gasteiger partial charge >= 0.3 is 5.97 Å². The molecule has 3 aromatic rings. The van der Waals surface area contributed by atoms with Crippen LogP contribution in [0.25, 0.3) is 22.2 Å². The van der Waals surface area contributed by atoms with Crippen LogP contribution in [0.15, 0.2) is 24.3 Å². The van der Waals surface area contributed by atoms with Crippen LogP contribution in [0.5, 0.6) is 0 Å². The topological polar surface area (TPSA) is 92.3 Å². The molecule has 1 aliphatic heterocycles.